The number of nitrogens with one attached hydrogen (secondary N) is 2. The highest BCUT2D eigenvalue weighted by molar-refractivity contribution is 5.87. The van der Waals surface area contributed by atoms with Crippen LogP contribution in [0.2, 0.25) is 0 Å². The zero-order valence-corrected chi connectivity index (χ0v) is 16.1. The van der Waals surface area contributed by atoms with Gasteiger partial charge in [0.1, 0.15) is 6.04 Å². The molecule has 3 aliphatic heterocycles. The minimum absolute atomic E-state index is 0.102. The van der Waals surface area contributed by atoms with Gasteiger partial charge in [-0.3, -0.25) is 14.6 Å². The van der Waals surface area contributed by atoms with Crippen LogP contribution in [0.1, 0.15) is 51.1 Å². The first-order valence-electron chi connectivity index (χ1n) is 10.0. The molecule has 0 radical (unpaired) electrons. The molecule has 3 atom stereocenters. The Morgan fingerprint density at radius 3 is 2.74 bits per heavy atom. The average molecular weight is 371 g/mol. The molecule has 4 rings (SSSR count). The van der Waals surface area contributed by atoms with Gasteiger partial charge >= 0.3 is 0 Å². The number of hydrogen-bond acceptors (Lipinski definition) is 5. The number of pyridine rings is 1. The minimum atomic E-state index is -0.366. The van der Waals surface area contributed by atoms with Crippen LogP contribution in [0.25, 0.3) is 0 Å². The quantitative estimate of drug-likeness (QED) is 0.836. The van der Waals surface area contributed by atoms with Gasteiger partial charge in [-0.05, 0) is 57.2 Å². The van der Waals surface area contributed by atoms with Gasteiger partial charge in [-0.2, -0.15) is 0 Å². The van der Waals surface area contributed by atoms with E-state index in [2.05, 4.69) is 29.7 Å². The molecule has 1 aromatic rings. The molecule has 0 aromatic carbocycles. The number of aromatic nitrogens is 1. The van der Waals surface area contributed by atoms with Crippen LogP contribution in [0.4, 0.5) is 0 Å². The Morgan fingerprint density at radius 2 is 2.00 bits per heavy atom. The Bertz CT molecular complexity index is 710. The number of carbonyl (C=O) groups excluding carboxylic acids is 2. The van der Waals surface area contributed by atoms with Crippen molar-refractivity contribution >= 4 is 11.8 Å². The topological polar surface area (TPSA) is 77.6 Å². The fourth-order valence-electron chi connectivity index (χ4n) is 4.79. The van der Waals surface area contributed by atoms with Gasteiger partial charge in [0.2, 0.25) is 11.8 Å². The molecule has 3 saturated heterocycles. The van der Waals surface area contributed by atoms with E-state index in [1.165, 1.54) is 0 Å². The first-order valence-corrected chi connectivity index (χ1v) is 10.0. The van der Waals surface area contributed by atoms with Crippen LogP contribution in [0.3, 0.4) is 0 Å². The molecule has 0 aliphatic carbocycles. The Kier molecular flexibility index (Phi) is 4.90. The predicted octanol–water partition coefficient (Wildman–Crippen LogP) is 1.24. The molecule has 3 unspecified atom stereocenters. The lowest BCUT2D eigenvalue weighted by molar-refractivity contribution is -0.148. The summed E-state index contributed by atoms with van der Waals surface area (Å²) in [5, 5.41) is 0. The second kappa shape index (κ2) is 7.20. The molecule has 146 valence electrons. The Hall–Kier alpha value is -1.99. The molecular weight excluding hydrogens is 342 g/mol. The second-order valence-corrected chi connectivity index (χ2v) is 8.40. The van der Waals surface area contributed by atoms with E-state index in [9.17, 15) is 9.59 Å². The molecule has 2 amide bonds. The SMILES string of the molecule is CC(C)N1CCCC2(CCN(C(=O)C3CC(c4ccncc4)NN3)C2)C1=O. The first-order chi connectivity index (χ1) is 13.0. The number of carbonyl (C=O) groups is 2. The summed E-state index contributed by atoms with van der Waals surface area (Å²) in [6.07, 6.45) is 6.96. The molecule has 7 heteroatoms. The standard InChI is InChI=1S/C20H29N5O2/c1-14(2)25-10-3-6-20(19(25)27)7-11-24(13-20)18(26)17-12-16(22-23-17)15-4-8-21-9-5-15/h4-5,8-9,14,16-17,22-23H,3,6-7,10-13H2,1-2H3. The van der Waals surface area contributed by atoms with E-state index in [-0.39, 0.29) is 35.4 Å². The Labute approximate surface area is 160 Å². The van der Waals surface area contributed by atoms with E-state index >= 15 is 0 Å². The van der Waals surface area contributed by atoms with Crippen molar-refractivity contribution in [2.75, 3.05) is 19.6 Å². The summed E-state index contributed by atoms with van der Waals surface area (Å²) in [5.41, 5.74) is 7.14. The summed E-state index contributed by atoms with van der Waals surface area (Å²) in [7, 11) is 0. The molecule has 0 bridgehead atoms. The summed E-state index contributed by atoms with van der Waals surface area (Å²) in [6, 6.07) is 4.02. The monoisotopic (exact) mass is 371 g/mol. The van der Waals surface area contributed by atoms with Gasteiger partial charge in [-0.1, -0.05) is 0 Å². The average Bonchev–Trinajstić information content (AvgIpc) is 3.32. The maximum Gasteiger partial charge on any atom is 0.241 e. The maximum atomic E-state index is 13.1. The van der Waals surface area contributed by atoms with E-state index < -0.39 is 0 Å². The highest BCUT2D eigenvalue weighted by atomic mass is 16.2. The largest absolute Gasteiger partial charge is 0.340 e. The van der Waals surface area contributed by atoms with Gasteiger partial charge in [0.25, 0.3) is 0 Å². The van der Waals surface area contributed by atoms with Gasteiger partial charge in [0.15, 0.2) is 0 Å². The van der Waals surface area contributed by atoms with Crippen molar-refractivity contribution in [3.63, 3.8) is 0 Å². The lowest BCUT2D eigenvalue weighted by Crippen LogP contribution is -2.53. The van der Waals surface area contributed by atoms with E-state index in [1.807, 2.05) is 21.9 Å². The fraction of sp³-hybridized carbons (Fsp3) is 0.650. The van der Waals surface area contributed by atoms with Crippen LogP contribution in [-0.2, 0) is 9.59 Å². The smallest absolute Gasteiger partial charge is 0.241 e. The number of rotatable bonds is 3. The van der Waals surface area contributed by atoms with Crippen molar-refractivity contribution < 1.29 is 9.59 Å². The third-order valence-corrected chi connectivity index (χ3v) is 6.37. The minimum Gasteiger partial charge on any atom is -0.340 e. The van der Waals surface area contributed by atoms with Gasteiger partial charge < -0.3 is 9.80 Å². The molecule has 2 N–H and O–H groups in total. The van der Waals surface area contributed by atoms with E-state index in [4.69, 9.17) is 0 Å². The van der Waals surface area contributed by atoms with Crippen molar-refractivity contribution in [1.29, 1.82) is 0 Å². The van der Waals surface area contributed by atoms with Crippen molar-refractivity contribution in [2.24, 2.45) is 5.41 Å². The van der Waals surface area contributed by atoms with Crippen LogP contribution >= 0.6 is 0 Å². The van der Waals surface area contributed by atoms with Gasteiger partial charge in [0, 0.05) is 44.1 Å². The van der Waals surface area contributed by atoms with E-state index in [1.54, 1.807) is 12.4 Å². The van der Waals surface area contributed by atoms with E-state index in [0.717, 1.165) is 31.4 Å². The number of piperidine rings is 1. The lowest BCUT2D eigenvalue weighted by atomic mass is 9.78. The number of hydrazine groups is 1. The molecule has 3 fully saturated rings. The summed E-state index contributed by atoms with van der Waals surface area (Å²) in [4.78, 5) is 34.1. The van der Waals surface area contributed by atoms with Gasteiger partial charge in [-0.25, -0.2) is 10.9 Å². The zero-order chi connectivity index (χ0) is 19.0. The molecule has 3 aliphatic rings. The lowest BCUT2D eigenvalue weighted by Gasteiger charge is -2.41. The van der Waals surface area contributed by atoms with Crippen LogP contribution < -0.4 is 10.9 Å². The van der Waals surface area contributed by atoms with Crippen LogP contribution in [-0.4, -0.2) is 58.3 Å². The van der Waals surface area contributed by atoms with Gasteiger partial charge in [-0.15, -0.1) is 0 Å². The third kappa shape index (κ3) is 3.34. The normalized spacial score (nSPS) is 31.3. The summed E-state index contributed by atoms with van der Waals surface area (Å²) in [6.45, 7) is 6.22. The number of hydrogen-bond donors (Lipinski definition) is 2. The summed E-state index contributed by atoms with van der Waals surface area (Å²) < 4.78 is 0. The third-order valence-electron chi connectivity index (χ3n) is 6.37. The van der Waals surface area contributed by atoms with Crippen LogP contribution in [0.5, 0.6) is 0 Å². The molecule has 1 spiro atoms. The highest BCUT2D eigenvalue weighted by Gasteiger charge is 2.50. The van der Waals surface area contributed by atoms with Crippen LogP contribution in [0.15, 0.2) is 24.5 Å². The Balaban J connectivity index is 1.40. The fourth-order valence-corrected chi connectivity index (χ4v) is 4.79. The summed E-state index contributed by atoms with van der Waals surface area (Å²) in [5.74, 6) is 0.344. The predicted molar refractivity (Wildman–Crippen MR) is 101 cm³/mol. The Morgan fingerprint density at radius 1 is 1.22 bits per heavy atom. The molecule has 27 heavy (non-hydrogen) atoms. The van der Waals surface area contributed by atoms with Gasteiger partial charge in [0.05, 0.1) is 5.41 Å². The molecule has 0 saturated carbocycles. The highest BCUT2D eigenvalue weighted by Crippen LogP contribution is 2.41. The van der Waals surface area contributed by atoms with Crippen molar-refractivity contribution in [1.82, 2.24) is 25.6 Å². The van der Waals surface area contributed by atoms with Crippen molar-refractivity contribution in [3.05, 3.63) is 30.1 Å². The molecule has 4 heterocycles. The van der Waals surface area contributed by atoms with Crippen LogP contribution in [0, 0.1) is 5.41 Å². The van der Waals surface area contributed by atoms with E-state index in [0.29, 0.717) is 19.5 Å². The number of amides is 2. The second-order valence-electron chi connectivity index (χ2n) is 8.40. The maximum absolute atomic E-state index is 13.1. The summed E-state index contributed by atoms with van der Waals surface area (Å²) >= 11 is 0. The number of nitrogens with zero attached hydrogens (tertiary/aromatic N) is 3. The molecule has 7 nitrogen and oxygen atoms in total. The number of likely N-dealkylation sites (tertiary alicyclic amines) is 2. The van der Waals surface area contributed by atoms with Crippen molar-refractivity contribution in [3.8, 4) is 0 Å². The first kappa shape index (κ1) is 18.4. The zero-order valence-electron chi connectivity index (χ0n) is 16.1. The van der Waals surface area contributed by atoms with Crippen molar-refractivity contribution in [2.45, 2.75) is 57.7 Å². The molecular formula is C20H29N5O2. The molecule has 1 aromatic heterocycles.